The van der Waals surface area contributed by atoms with Crippen LogP contribution in [0.2, 0.25) is 0 Å². The van der Waals surface area contributed by atoms with Gasteiger partial charge in [0.1, 0.15) is 0 Å². The average Bonchev–Trinajstić information content (AvgIpc) is 3.09. The van der Waals surface area contributed by atoms with Crippen LogP contribution in [0.4, 0.5) is 36.3 Å². The van der Waals surface area contributed by atoms with Crippen LogP contribution in [0.25, 0.3) is 0 Å². The molecule has 0 spiro atoms. The minimum absolute atomic E-state index is 0.160. The fourth-order valence-electron chi connectivity index (χ4n) is 2.44. The van der Waals surface area contributed by atoms with Gasteiger partial charge in [0.25, 0.3) is 0 Å². The molecule has 0 atom stereocenters. The Bertz CT molecular complexity index is 981. The van der Waals surface area contributed by atoms with Gasteiger partial charge in [-0.3, -0.25) is 0 Å². The van der Waals surface area contributed by atoms with Crippen molar-refractivity contribution in [3.63, 3.8) is 0 Å². The number of nitrogens with one attached hydrogen (secondary N) is 2. The van der Waals surface area contributed by atoms with E-state index >= 15 is 0 Å². The van der Waals surface area contributed by atoms with Gasteiger partial charge in [-0.1, -0.05) is 6.07 Å². The molecule has 138 valence electrons. The average molecular weight is 375 g/mol. The third kappa shape index (κ3) is 3.84. The van der Waals surface area contributed by atoms with Gasteiger partial charge in [0, 0.05) is 17.4 Å². The van der Waals surface area contributed by atoms with E-state index in [0.29, 0.717) is 17.2 Å². The zero-order valence-corrected chi connectivity index (χ0v) is 13.6. The van der Waals surface area contributed by atoms with Crippen molar-refractivity contribution in [1.29, 1.82) is 0 Å². The molecule has 0 amide bonds. The zero-order chi connectivity index (χ0) is 18.9. The Hall–Kier alpha value is -3.56. The lowest BCUT2D eigenvalue weighted by Gasteiger charge is -2.10. The number of ether oxygens (including phenoxy) is 2. The van der Waals surface area contributed by atoms with Gasteiger partial charge in [-0.15, -0.1) is 5.10 Å². The minimum Gasteiger partial charge on any atom is -0.454 e. The van der Waals surface area contributed by atoms with Crippen molar-refractivity contribution < 1.29 is 22.6 Å². The Balaban J connectivity index is 1.51. The highest BCUT2D eigenvalue weighted by atomic mass is 19.4. The van der Waals surface area contributed by atoms with E-state index in [-0.39, 0.29) is 24.2 Å². The van der Waals surface area contributed by atoms with E-state index in [2.05, 4.69) is 25.8 Å². The summed E-state index contributed by atoms with van der Waals surface area (Å²) in [4.78, 5) is 4.20. The van der Waals surface area contributed by atoms with Crippen molar-refractivity contribution in [1.82, 2.24) is 15.2 Å². The first-order chi connectivity index (χ1) is 13.0. The number of alkyl halides is 3. The third-order valence-corrected chi connectivity index (χ3v) is 3.65. The van der Waals surface area contributed by atoms with Gasteiger partial charge < -0.3 is 20.1 Å². The summed E-state index contributed by atoms with van der Waals surface area (Å²) in [7, 11) is 0. The van der Waals surface area contributed by atoms with Crippen LogP contribution >= 0.6 is 0 Å². The minimum atomic E-state index is -4.42. The van der Waals surface area contributed by atoms with Crippen LogP contribution in [0, 0.1) is 0 Å². The standard InChI is InChI=1S/C17H12F3N5O2/c18-17(19,20)10-2-1-3-11(6-10)22-15-8-21-25-16(24-15)23-12-4-5-13-14(7-12)27-9-26-13/h1-8H,9H2,(H2,22,23,24,25). The SMILES string of the molecule is FC(F)(F)c1cccc(Nc2cnnc(Nc3ccc4c(c3)OCO4)n2)c1. The molecule has 0 bridgehead atoms. The molecule has 2 heterocycles. The first kappa shape index (κ1) is 16.9. The molecule has 0 radical (unpaired) electrons. The molecule has 27 heavy (non-hydrogen) atoms. The largest absolute Gasteiger partial charge is 0.454 e. The Morgan fingerprint density at radius 1 is 0.926 bits per heavy atom. The molecular weight excluding hydrogens is 363 g/mol. The van der Waals surface area contributed by atoms with Crippen molar-refractivity contribution in [3.05, 3.63) is 54.2 Å². The summed E-state index contributed by atoms with van der Waals surface area (Å²) in [5.74, 6) is 1.64. The second-order valence-corrected chi connectivity index (χ2v) is 5.56. The summed E-state index contributed by atoms with van der Waals surface area (Å²) >= 11 is 0. The summed E-state index contributed by atoms with van der Waals surface area (Å²) < 4.78 is 49.0. The lowest BCUT2D eigenvalue weighted by Crippen LogP contribution is -2.06. The van der Waals surface area contributed by atoms with Crippen molar-refractivity contribution in [2.45, 2.75) is 6.18 Å². The van der Waals surface area contributed by atoms with E-state index in [4.69, 9.17) is 9.47 Å². The van der Waals surface area contributed by atoms with Gasteiger partial charge in [-0.05, 0) is 30.3 Å². The smallest absolute Gasteiger partial charge is 0.416 e. The van der Waals surface area contributed by atoms with Crippen LogP contribution in [-0.2, 0) is 6.18 Å². The van der Waals surface area contributed by atoms with Crippen LogP contribution in [0.3, 0.4) is 0 Å². The van der Waals surface area contributed by atoms with Crippen LogP contribution in [0.5, 0.6) is 11.5 Å². The number of nitrogens with zero attached hydrogens (tertiary/aromatic N) is 3. The molecule has 1 aliphatic heterocycles. The lowest BCUT2D eigenvalue weighted by atomic mass is 10.2. The van der Waals surface area contributed by atoms with E-state index in [1.54, 1.807) is 18.2 Å². The first-order valence-corrected chi connectivity index (χ1v) is 7.78. The van der Waals surface area contributed by atoms with E-state index in [0.717, 1.165) is 12.1 Å². The molecule has 0 saturated heterocycles. The molecule has 3 aromatic rings. The summed E-state index contributed by atoms with van der Waals surface area (Å²) in [5.41, 5.74) is 0.129. The topological polar surface area (TPSA) is 81.2 Å². The van der Waals surface area contributed by atoms with Gasteiger partial charge in [0.2, 0.25) is 12.7 Å². The molecule has 4 rings (SSSR count). The third-order valence-electron chi connectivity index (χ3n) is 3.65. The van der Waals surface area contributed by atoms with E-state index in [1.165, 1.54) is 18.3 Å². The molecular formula is C17H12F3N5O2. The Kier molecular flexibility index (Phi) is 4.15. The second-order valence-electron chi connectivity index (χ2n) is 5.56. The Labute approximate surface area is 151 Å². The van der Waals surface area contributed by atoms with Crippen LogP contribution in [-0.4, -0.2) is 22.0 Å². The molecule has 0 unspecified atom stereocenters. The fraction of sp³-hybridized carbons (Fsp3) is 0.118. The van der Waals surface area contributed by atoms with Gasteiger partial charge in [0.05, 0.1) is 11.8 Å². The summed E-state index contributed by atoms with van der Waals surface area (Å²) in [5, 5.41) is 13.4. The maximum atomic E-state index is 12.8. The summed E-state index contributed by atoms with van der Waals surface area (Å²) in [6.07, 6.45) is -3.11. The predicted molar refractivity (Wildman–Crippen MR) is 90.4 cm³/mol. The molecule has 2 N–H and O–H groups in total. The quantitative estimate of drug-likeness (QED) is 0.710. The number of hydrogen-bond donors (Lipinski definition) is 2. The molecule has 2 aromatic carbocycles. The van der Waals surface area contributed by atoms with E-state index in [1.807, 2.05) is 0 Å². The number of benzene rings is 2. The second kappa shape index (κ2) is 6.63. The highest BCUT2D eigenvalue weighted by Gasteiger charge is 2.30. The summed E-state index contributed by atoms with van der Waals surface area (Å²) in [6, 6.07) is 10.0. The Morgan fingerprint density at radius 3 is 2.59 bits per heavy atom. The van der Waals surface area contributed by atoms with Gasteiger partial charge in [0.15, 0.2) is 17.3 Å². The van der Waals surface area contributed by atoms with Gasteiger partial charge in [-0.25, -0.2) is 0 Å². The lowest BCUT2D eigenvalue weighted by molar-refractivity contribution is -0.137. The van der Waals surface area contributed by atoms with Gasteiger partial charge in [-0.2, -0.15) is 23.3 Å². The number of fused-ring (bicyclic) bond motifs is 1. The Morgan fingerprint density at radius 2 is 1.74 bits per heavy atom. The first-order valence-electron chi connectivity index (χ1n) is 7.78. The zero-order valence-electron chi connectivity index (χ0n) is 13.6. The molecule has 0 saturated carbocycles. The van der Waals surface area contributed by atoms with Crippen LogP contribution in [0.15, 0.2) is 48.7 Å². The van der Waals surface area contributed by atoms with E-state index < -0.39 is 11.7 Å². The van der Waals surface area contributed by atoms with Crippen molar-refractivity contribution in [2.24, 2.45) is 0 Å². The highest BCUT2D eigenvalue weighted by molar-refractivity contribution is 5.62. The van der Waals surface area contributed by atoms with Crippen LogP contribution < -0.4 is 20.1 Å². The predicted octanol–water partition coefficient (Wildman–Crippen LogP) is 4.11. The van der Waals surface area contributed by atoms with E-state index in [9.17, 15) is 13.2 Å². The molecule has 7 nitrogen and oxygen atoms in total. The fourth-order valence-corrected chi connectivity index (χ4v) is 2.44. The molecule has 0 fully saturated rings. The maximum Gasteiger partial charge on any atom is 0.416 e. The monoisotopic (exact) mass is 375 g/mol. The van der Waals surface area contributed by atoms with Crippen molar-refractivity contribution >= 4 is 23.1 Å². The molecule has 0 aliphatic carbocycles. The molecule has 1 aromatic heterocycles. The molecule has 1 aliphatic rings. The molecule has 10 heteroatoms. The summed E-state index contributed by atoms with van der Waals surface area (Å²) in [6.45, 7) is 0.160. The normalized spacial score (nSPS) is 12.7. The number of anilines is 4. The maximum absolute atomic E-state index is 12.8. The van der Waals surface area contributed by atoms with Crippen molar-refractivity contribution in [2.75, 3.05) is 17.4 Å². The van der Waals surface area contributed by atoms with Crippen molar-refractivity contribution in [3.8, 4) is 11.5 Å². The number of halogens is 3. The van der Waals surface area contributed by atoms with Gasteiger partial charge >= 0.3 is 6.18 Å². The number of aromatic nitrogens is 3. The highest BCUT2D eigenvalue weighted by Crippen LogP contribution is 2.35. The number of hydrogen-bond acceptors (Lipinski definition) is 7. The number of rotatable bonds is 4. The van der Waals surface area contributed by atoms with Crippen LogP contribution in [0.1, 0.15) is 5.56 Å².